The molecule has 0 atom stereocenters. The molecule has 3 aromatic rings. The van der Waals surface area contributed by atoms with E-state index in [0.717, 1.165) is 5.69 Å². The molecule has 0 radical (unpaired) electrons. The molecule has 2 heterocycles. The summed E-state index contributed by atoms with van der Waals surface area (Å²) in [7, 11) is -0.909. The zero-order valence-corrected chi connectivity index (χ0v) is 15.0. The second-order valence-corrected chi connectivity index (χ2v) is 6.94. The largest absolute Gasteiger partial charge is 0.497 e. The number of hydrogen-bond acceptors (Lipinski definition) is 7. The smallest absolute Gasteiger partial charge is 0.244 e. The molecule has 1 aromatic carbocycles. The van der Waals surface area contributed by atoms with E-state index in [9.17, 15) is 8.42 Å². The van der Waals surface area contributed by atoms with Crippen molar-refractivity contribution in [3.8, 4) is 17.2 Å². The molecule has 2 aromatic heterocycles. The Morgan fingerprint density at radius 1 is 1.12 bits per heavy atom. The van der Waals surface area contributed by atoms with Crippen molar-refractivity contribution < 1.29 is 17.9 Å². The van der Waals surface area contributed by atoms with Gasteiger partial charge in [0, 0.05) is 18.5 Å². The van der Waals surface area contributed by atoms with Crippen LogP contribution in [0.1, 0.15) is 5.69 Å². The Bertz CT molecular complexity index is 989. The normalized spacial score (nSPS) is 11.3. The van der Waals surface area contributed by atoms with Crippen LogP contribution < -0.4 is 14.2 Å². The number of benzene rings is 1. The van der Waals surface area contributed by atoms with E-state index < -0.39 is 10.0 Å². The monoisotopic (exact) mass is 375 g/mol. The summed E-state index contributed by atoms with van der Waals surface area (Å²) >= 11 is 0. The van der Waals surface area contributed by atoms with E-state index in [0.29, 0.717) is 11.4 Å². The molecule has 0 bridgehead atoms. The van der Waals surface area contributed by atoms with Crippen LogP contribution in [-0.2, 0) is 16.6 Å². The van der Waals surface area contributed by atoms with Gasteiger partial charge >= 0.3 is 0 Å². The maximum absolute atomic E-state index is 12.6. The van der Waals surface area contributed by atoms with Crippen molar-refractivity contribution in [2.75, 3.05) is 14.2 Å². The lowest BCUT2D eigenvalue weighted by Gasteiger charge is -2.11. The van der Waals surface area contributed by atoms with Gasteiger partial charge in [0.05, 0.1) is 38.3 Å². The van der Waals surface area contributed by atoms with Crippen LogP contribution in [0.25, 0.3) is 5.69 Å². The highest BCUT2D eigenvalue weighted by Gasteiger charge is 2.20. The molecule has 1 N–H and O–H groups in total. The number of ether oxygens (including phenoxy) is 2. The quantitative estimate of drug-likeness (QED) is 0.660. The fourth-order valence-electron chi connectivity index (χ4n) is 2.25. The maximum Gasteiger partial charge on any atom is 0.244 e. The van der Waals surface area contributed by atoms with Crippen LogP contribution in [-0.4, -0.2) is 42.6 Å². The molecule has 0 aliphatic heterocycles. The number of rotatable bonds is 7. The highest BCUT2D eigenvalue weighted by Crippen LogP contribution is 2.28. The van der Waals surface area contributed by atoms with E-state index in [2.05, 4.69) is 20.0 Å². The molecule has 0 spiro atoms. The topological polar surface area (TPSA) is 108 Å². The number of nitrogens with zero attached hydrogens (tertiary/aromatic N) is 4. The summed E-state index contributed by atoms with van der Waals surface area (Å²) in [5.41, 5.74) is 1.25. The molecule has 3 rings (SSSR count). The van der Waals surface area contributed by atoms with Gasteiger partial charge in [0.25, 0.3) is 0 Å². The third kappa shape index (κ3) is 3.81. The molecule has 136 valence electrons. The first-order chi connectivity index (χ1) is 12.5. The van der Waals surface area contributed by atoms with Crippen LogP contribution >= 0.6 is 0 Å². The van der Waals surface area contributed by atoms with Gasteiger partial charge < -0.3 is 9.47 Å². The van der Waals surface area contributed by atoms with Crippen LogP contribution in [0.2, 0.25) is 0 Å². The first kappa shape index (κ1) is 17.8. The van der Waals surface area contributed by atoms with Gasteiger partial charge in [-0.2, -0.15) is 0 Å². The summed E-state index contributed by atoms with van der Waals surface area (Å²) in [6.45, 7) is -0.0113. The molecule has 0 fully saturated rings. The summed E-state index contributed by atoms with van der Waals surface area (Å²) in [5, 5.41) is 7.95. The third-order valence-corrected chi connectivity index (χ3v) is 5.01. The predicted octanol–water partition coefficient (Wildman–Crippen LogP) is 1.16. The second kappa shape index (κ2) is 7.50. The minimum Gasteiger partial charge on any atom is -0.497 e. The Morgan fingerprint density at radius 3 is 2.58 bits per heavy atom. The molecule has 0 unspecified atom stereocenters. The van der Waals surface area contributed by atoms with E-state index in [1.165, 1.54) is 26.4 Å². The zero-order chi connectivity index (χ0) is 18.6. The SMILES string of the molecule is COc1ccc(S(=O)(=O)NCc2cn(-c3ccncc3)nn2)c(OC)c1. The Kier molecular flexibility index (Phi) is 5.14. The maximum atomic E-state index is 12.6. The number of methoxy groups -OCH3 is 2. The number of pyridine rings is 1. The van der Waals surface area contributed by atoms with Crippen molar-refractivity contribution in [1.29, 1.82) is 0 Å². The van der Waals surface area contributed by atoms with E-state index in [4.69, 9.17) is 9.47 Å². The van der Waals surface area contributed by atoms with Gasteiger partial charge in [0.2, 0.25) is 10.0 Å². The van der Waals surface area contributed by atoms with Crippen molar-refractivity contribution in [3.05, 3.63) is 54.6 Å². The van der Waals surface area contributed by atoms with Crippen molar-refractivity contribution in [1.82, 2.24) is 24.7 Å². The third-order valence-electron chi connectivity index (χ3n) is 3.57. The lowest BCUT2D eigenvalue weighted by molar-refractivity contribution is 0.386. The molecular weight excluding hydrogens is 358 g/mol. The van der Waals surface area contributed by atoms with Crippen LogP contribution in [0, 0.1) is 0 Å². The van der Waals surface area contributed by atoms with E-state index >= 15 is 0 Å². The molecule has 0 saturated carbocycles. The number of nitrogens with one attached hydrogen (secondary N) is 1. The van der Waals surface area contributed by atoms with E-state index in [-0.39, 0.29) is 17.2 Å². The van der Waals surface area contributed by atoms with Gasteiger partial charge in [-0.25, -0.2) is 17.8 Å². The number of hydrogen-bond donors (Lipinski definition) is 1. The lowest BCUT2D eigenvalue weighted by Crippen LogP contribution is -2.24. The summed E-state index contributed by atoms with van der Waals surface area (Å²) in [6.07, 6.45) is 4.91. The van der Waals surface area contributed by atoms with Crippen molar-refractivity contribution >= 4 is 10.0 Å². The summed E-state index contributed by atoms with van der Waals surface area (Å²) in [6, 6.07) is 8.02. The average molecular weight is 375 g/mol. The minimum absolute atomic E-state index is 0.0113. The standard InChI is InChI=1S/C16H17N5O4S/c1-24-14-3-4-16(15(9-14)25-2)26(22,23)18-10-12-11-21(20-19-12)13-5-7-17-8-6-13/h3-9,11,18H,10H2,1-2H3. The Labute approximate surface area is 150 Å². The molecular formula is C16H17N5O4S. The molecule has 9 nitrogen and oxygen atoms in total. The first-order valence-corrected chi connectivity index (χ1v) is 9.05. The van der Waals surface area contributed by atoms with Gasteiger partial charge in [-0.3, -0.25) is 4.98 Å². The molecule has 0 aliphatic carbocycles. The van der Waals surface area contributed by atoms with Gasteiger partial charge in [-0.15, -0.1) is 5.10 Å². The van der Waals surface area contributed by atoms with Crippen LogP contribution in [0.5, 0.6) is 11.5 Å². The molecule has 0 amide bonds. The van der Waals surface area contributed by atoms with Gasteiger partial charge in [0.1, 0.15) is 16.4 Å². The van der Waals surface area contributed by atoms with Crippen LogP contribution in [0.3, 0.4) is 0 Å². The van der Waals surface area contributed by atoms with Gasteiger partial charge in [0.15, 0.2) is 0 Å². The average Bonchev–Trinajstić information content (AvgIpc) is 3.16. The van der Waals surface area contributed by atoms with Gasteiger partial charge in [-0.1, -0.05) is 5.21 Å². The van der Waals surface area contributed by atoms with E-state index in [1.807, 2.05) is 0 Å². The summed E-state index contributed by atoms with van der Waals surface area (Å²) < 4.78 is 39.4. The summed E-state index contributed by atoms with van der Waals surface area (Å²) in [4.78, 5) is 3.95. The molecule has 26 heavy (non-hydrogen) atoms. The minimum atomic E-state index is -3.80. The lowest BCUT2D eigenvalue weighted by atomic mass is 10.3. The van der Waals surface area contributed by atoms with Crippen molar-refractivity contribution in [2.24, 2.45) is 0 Å². The number of sulfonamides is 1. The highest BCUT2D eigenvalue weighted by atomic mass is 32.2. The Hall–Kier alpha value is -2.98. The molecule has 0 aliphatic rings. The summed E-state index contributed by atoms with van der Waals surface area (Å²) in [5.74, 6) is 0.693. The van der Waals surface area contributed by atoms with Crippen molar-refractivity contribution in [2.45, 2.75) is 11.4 Å². The predicted molar refractivity (Wildman–Crippen MR) is 92.7 cm³/mol. The van der Waals surface area contributed by atoms with Gasteiger partial charge in [-0.05, 0) is 24.3 Å². The molecule has 10 heteroatoms. The Balaban J connectivity index is 1.76. The molecule has 0 saturated heterocycles. The first-order valence-electron chi connectivity index (χ1n) is 7.57. The number of aromatic nitrogens is 4. The van der Waals surface area contributed by atoms with Crippen LogP contribution in [0.4, 0.5) is 0 Å². The van der Waals surface area contributed by atoms with Crippen molar-refractivity contribution in [3.63, 3.8) is 0 Å². The fraction of sp³-hybridized carbons (Fsp3) is 0.188. The highest BCUT2D eigenvalue weighted by molar-refractivity contribution is 7.89. The Morgan fingerprint density at radius 2 is 1.88 bits per heavy atom. The second-order valence-electron chi connectivity index (χ2n) is 5.20. The van der Waals surface area contributed by atoms with E-state index in [1.54, 1.807) is 41.5 Å². The zero-order valence-electron chi connectivity index (χ0n) is 14.2. The van der Waals surface area contributed by atoms with Crippen LogP contribution in [0.15, 0.2) is 53.8 Å². The fourth-order valence-corrected chi connectivity index (χ4v) is 3.39.